The van der Waals surface area contributed by atoms with E-state index in [1.807, 2.05) is 6.07 Å². The number of carbonyl (C=O) groups is 1. The molecule has 2 heterocycles. The minimum absolute atomic E-state index is 0.122. The molecule has 0 saturated heterocycles. The van der Waals surface area contributed by atoms with Crippen molar-refractivity contribution in [1.82, 2.24) is 19.7 Å². The molecule has 3 rings (SSSR count). The maximum Gasteiger partial charge on any atom is 0.413 e. The number of ether oxygens (including phenoxy) is 2. The molecule has 0 aliphatic heterocycles. The first kappa shape index (κ1) is 18.4. The zero-order chi connectivity index (χ0) is 19.6. The van der Waals surface area contributed by atoms with Gasteiger partial charge in [0.15, 0.2) is 10.1 Å². The average molecular weight is 433 g/mol. The van der Waals surface area contributed by atoms with Crippen LogP contribution >= 0.6 is 15.9 Å². The zero-order valence-electron chi connectivity index (χ0n) is 14.2. The van der Waals surface area contributed by atoms with Crippen LogP contribution in [0.2, 0.25) is 0 Å². The van der Waals surface area contributed by atoms with Gasteiger partial charge in [-0.05, 0) is 28.1 Å². The topological polar surface area (TPSA) is 135 Å². The van der Waals surface area contributed by atoms with Crippen LogP contribution in [-0.2, 0) is 11.3 Å². The molecule has 1 amide bonds. The zero-order valence-corrected chi connectivity index (χ0v) is 15.8. The molecule has 0 aliphatic rings. The first-order valence-corrected chi connectivity index (χ1v) is 8.31. The third-order valence-electron chi connectivity index (χ3n) is 3.66. The second-order valence-electron chi connectivity index (χ2n) is 5.27. The number of rotatable bonds is 4. The van der Waals surface area contributed by atoms with Crippen molar-refractivity contribution in [3.8, 4) is 17.7 Å². The van der Waals surface area contributed by atoms with Crippen LogP contribution < -0.4 is 10.1 Å². The minimum Gasteiger partial charge on any atom is -0.496 e. The molecule has 0 saturated carbocycles. The lowest BCUT2D eigenvalue weighted by Crippen LogP contribution is -2.13. The van der Waals surface area contributed by atoms with Crippen LogP contribution in [0, 0.1) is 11.3 Å². The summed E-state index contributed by atoms with van der Waals surface area (Å²) in [6, 6.07) is 7.06. The van der Waals surface area contributed by atoms with Crippen LogP contribution in [0.1, 0.15) is 11.1 Å². The molecular formula is C16H13BrN6O4. The Morgan fingerprint density at radius 1 is 1.41 bits per heavy atom. The molecule has 3 aromatic rings. The predicted molar refractivity (Wildman–Crippen MR) is 97.5 cm³/mol. The lowest BCUT2D eigenvalue weighted by molar-refractivity contribution is 0.186. The van der Waals surface area contributed by atoms with E-state index in [0.717, 1.165) is 5.56 Å². The second-order valence-corrected chi connectivity index (χ2v) is 6.02. The largest absolute Gasteiger partial charge is 0.496 e. The van der Waals surface area contributed by atoms with Gasteiger partial charge in [-0.25, -0.2) is 9.78 Å². The standard InChI is InChI=1S/C16H13BrN6O4/c1-26-10-5-8(6-18)3-4-9(10)7-23-12-11(13(17)22-23)19-15(20-14(12)24)21-16(25)27-2/h3-5H,7H2,1-2H3,(H2,19,20,21,24,25). The molecule has 27 heavy (non-hydrogen) atoms. The van der Waals surface area contributed by atoms with Crippen molar-refractivity contribution in [2.45, 2.75) is 6.54 Å². The highest BCUT2D eigenvalue weighted by molar-refractivity contribution is 9.10. The van der Waals surface area contributed by atoms with Crippen LogP contribution in [0.4, 0.5) is 10.7 Å². The monoisotopic (exact) mass is 432 g/mol. The van der Waals surface area contributed by atoms with Crippen molar-refractivity contribution in [2.24, 2.45) is 0 Å². The van der Waals surface area contributed by atoms with Gasteiger partial charge in [-0.3, -0.25) is 10.00 Å². The number of halogens is 1. The van der Waals surface area contributed by atoms with Gasteiger partial charge in [0.2, 0.25) is 11.8 Å². The summed E-state index contributed by atoms with van der Waals surface area (Å²) in [5.41, 5.74) is 1.78. The van der Waals surface area contributed by atoms with Gasteiger partial charge in [0.05, 0.1) is 32.4 Å². The molecule has 0 atom stereocenters. The first-order valence-electron chi connectivity index (χ1n) is 7.51. The van der Waals surface area contributed by atoms with Gasteiger partial charge in [-0.2, -0.15) is 15.3 Å². The number of anilines is 1. The van der Waals surface area contributed by atoms with Crippen molar-refractivity contribution in [3.05, 3.63) is 33.9 Å². The summed E-state index contributed by atoms with van der Waals surface area (Å²) in [5.74, 6) is 0.0264. The number of benzene rings is 1. The van der Waals surface area contributed by atoms with Gasteiger partial charge in [-0.1, -0.05) is 6.07 Å². The number of nitrogens with one attached hydrogen (secondary N) is 1. The fraction of sp³-hybridized carbons (Fsp3) is 0.188. The Balaban J connectivity index is 2.04. The molecule has 1 aromatic carbocycles. The van der Waals surface area contributed by atoms with Crippen molar-refractivity contribution >= 4 is 39.0 Å². The summed E-state index contributed by atoms with van der Waals surface area (Å²) >= 11 is 3.29. The fourth-order valence-electron chi connectivity index (χ4n) is 2.45. The van der Waals surface area contributed by atoms with E-state index in [0.29, 0.717) is 21.4 Å². The summed E-state index contributed by atoms with van der Waals surface area (Å²) in [6.45, 7) is 0.234. The normalized spacial score (nSPS) is 10.4. The maximum atomic E-state index is 11.3. The van der Waals surface area contributed by atoms with Gasteiger partial charge < -0.3 is 14.6 Å². The lowest BCUT2D eigenvalue weighted by Gasteiger charge is -2.10. The molecule has 11 heteroatoms. The highest BCUT2D eigenvalue weighted by Gasteiger charge is 2.19. The molecule has 138 valence electrons. The molecule has 2 N–H and O–H groups in total. The summed E-state index contributed by atoms with van der Waals surface area (Å²) in [4.78, 5) is 19.3. The summed E-state index contributed by atoms with van der Waals surface area (Å²) in [6.07, 6.45) is -0.764. The lowest BCUT2D eigenvalue weighted by atomic mass is 10.1. The molecule has 0 unspecified atom stereocenters. The molecule has 0 aliphatic carbocycles. The minimum atomic E-state index is -0.764. The highest BCUT2D eigenvalue weighted by atomic mass is 79.9. The SMILES string of the molecule is COC(=O)Nc1nc(O)c2c(n1)c(Br)nn2Cc1ccc(C#N)cc1OC. The Morgan fingerprint density at radius 2 is 2.19 bits per heavy atom. The highest BCUT2D eigenvalue weighted by Crippen LogP contribution is 2.30. The van der Waals surface area contributed by atoms with Gasteiger partial charge >= 0.3 is 6.09 Å². The van der Waals surface area contributed by atoms with E-state index in [9.17, 15) is 9.90 Å². The van der Waals surface area contributed by atoms with E-state index < -0.39 is 6.09 Å². The van der Waals surface area contributed by atoms with E-state index in [4.69, 9.17) is 10.00 Å². The van der Waals surface area contributed by atoms with Crippen LogP contribution in [-0.4, -0.2) is 45.2 Å². The molecule has 2 aromatic heterocycles. The number of aromatic hydroxyl groups is 1. The third kappa shape index (κ3) is 3.61. The van der Waals surface area contributed by atoms with E-state index in [1.165, 1.54) is 18.9 Å². The van der Waals surface area contributed by atoms with Gasteiger partial charge in [0.1, 0.15) is 11.3 Å². The number of carbonyl (C=O) groups excluding carboxylic acids is 1. The van der Waals surface area contributed by atoms with Gasteiger partial charge in [0.25, 0.3) is 0 Å². The number of fused-ring (bicyclic) bond motifs is 1. The van der Waals surface area contributed by atoms with Crippen LogP contribution in [0.15, 0.2) is 22.8 Å². The number of amides is 1. The van der Waals surface area contributed by atoms with Crippen LogP contribution in [0.5, 0.6) is 11.6 Å². The number of hydrogen-bond acceptors (Lipinski definition) is 8. The molecule has 0 spiro atoms. The maximum absolute atomic E-state index is 11.3. The average Bonchev–Trinajstić information content (AvgIpc) is 2.97. The number of aromatic nitrogens is 4. The molecule has 10 nitrogen and oxygen atoms in total. The van der Waals surface area contributed by atoms with E-state index >= 15 is 0 Å². The number of nitrogens with zero attached hydrogens (tertiary/aromatic N) is 5. The molecule has 0 bridgehead atoms. The second kappa shape index (κ2) is 7.46. The smallest absolute Gasteiger partial charge is 0.413 e. The first-order chi connectivity index (χ1) is 13.0. The van der Waals surface area contributed by atoms with Crippen molar-refractivity contribution in [3.63, 3.8) is 0 Å². The Hall–Kier alpha value is -3.39. The van der Waals surface area contributed by atoms with E-state index in [2.05, 4.69) is 41.1 Å². The number of hydrogen-bond donors (Lipinski definition) is 2. The molecule has 0 radical (unpaired) electrons. The number of methoxy groups -OCH3 is 2. The van der Waals surface area contributed by atoms with E-state index in [-0.39, 0.29) is 23.9 Å². The third-order valence-corrected chi connectivity index (χ3v) is 4.20. The van der Waals surface area contributed by atoms with Crippen LogP contribution in [0.3, 0.4) is 0 Å². The fourth-order valence-corrected chi connectivity index (χ4v) is 2.91. The molecular weight excluding hydrogens is 420 g/mol. The Morgan fingerprint density at radius 3 is 2.85 bits per heavy atom. The molecule has 0 fully saturated rings. The summed E-state index contributed by atoms with van der Waals surface area (Å²) in [5, 5.41) is 25.9. The van der Waals surface area contributed by atoms with Crippen molar-refractivity contribution in [1.29, 1.82) is 5.26 Å². The quantitative estimate of drug-likeness (QED) is 0.641. The number of nitriles is 1. The summed E-state index contributed by atoms with van der Waals surface area (Å²) in [7, 11) is 2.70. The van der Waals surface area contributed by atoms with Gasteiger partial charge in [0, 0.05) is 5.56 Å². The van der Waals surface area contributed by atoms with Crippen LogP contribution in [0.25, 0.3) is 11.0 Å². The Kier molecular flexibility index (Phi) is 5.09. The Bertz CT molecular complexity index is 1070. The van der Waals surface area contributed by atoms with Crippen molar-refractivity contribution < 1.29 is 19.4 Å². The van der Waals surface area contributed by atoms with E-state index in [1.54, 1.807) is 18.2 Å². The summed E-state index contributed by atoms with van der Waals surface area (Å²) < 4.78 is 11.7. The predicted octanol–water partition coefficient (Wildman–Crippen LogP) is 2.40. The van der Waals surface area contributed by atoms with Crippen molar-refractivity contribution in [2.75, 3.05) is 19.5 Å². The Labute approximate surface area is 161 Å². The van der Waals surface area contributed by atoms with Gasteiger partial charge in [-0.15, -0.1) is 0 Å².